The number of amides is 1. The van der Waals surface area contributed by atoms with Gasteiger partial charge in [0, 0.05) is 62.4 Å². The van der Waals surface area contributed by atoms with Crippen molar-refractivity contribution in [3.63, 3.8) is 0 Å². The largest absolute Gasteiger partial charge is 0.383 e. The molecule has 0 radical (unpaired) electrons. The summed E-state index contributed by atoms with van der Waals surface area (Å²) in [4.78, 5) is 40.5. The number of carbonyl (C=O) groups is 1. The predicted molar refractivity (Wildman–Crippen MR) is 164 cm³/mol. The van der Waals surface area contributed by atoms with Crippen molar-refractivity contribution in [1.82, 2.24) is 34.3 Å². The molecule has 0 saturated carbocycles. The first-order chi connectivity index (χ1) is 20.4. The number of rotatable bonds is 7. The van der Waals surface area contributed by atoms with Crippen molar-refractivity contribution in [2.45, 2.75) is 25.4 Å². The second-order valence-electron chi connectivity index (χ2n) is 10.5. The van der Waals surface area contributed by atoms with Crippen LogP contribution in [0.4, 0.5) is 5.82 Å². The van der Waals surface area contributed by atoms with Gasteiger partial charge in [0.25, 0.3) is 5.56 Å². The second kappa shape index (κ2) is 11.4. The number of nitrogens with two attached hydrogens (primary N) is 1. The highest BCUT2D eigenvalue weighted by atomic mass is 16.1. The van der Waals surface area contributed by atoms with E-state index in [0.29, 0.717) is 34.1 Å². The molecular weight excluding hydrogens is 528 g/mol. The van der Waals surface area contributed by atoms with Gasteiger partial charge in [0.15, 0.2) is 11.5 Å². The molecule has 1 saturated heterocycles. The number of piperidine rings is 1. The summed E-state index contributed by atoms with van der Waals surface area (Å²) in [6.45, 7) is 6.18. The Morgan fingerprint density at radius 3 is 2.60 bits per heavy atom. The number of hydrogen-bond donors (Lipinski definition) is 2. The van der Waals surface area contributed by atoms with Crippen molar-refractivity contribution in [3.8, 4) is 28.3 Å². The SMILES string of the molecule is C=CC(=O)NC1CCN(Cc2ccc(-n3c(-c4cccnc4N)nc4ccc(-c5ccn(C)c(=O)c5)nc43)cc2)CC1. The summed E-state index contributed by atoms with van der Waals surface area (Å²) in [5.74, 6) is 0.906. The molecule has 4 aromatic heterocycles. The molecule has 0 spiro atoms. The number of imidazole rings is 1. The van der Waals surface area contributed by atoms with Crippen molar-refractivity contribution >= 4 is 22.9 Å². The summed E-state index contributed by atoms with van der Waals surface area (Å²) in [5, 5.41) is 3.00. The highest BCUT2D eigenvalue weighted by Crippen LogP contribution is 2.31. The molecule has 10 heteroatoms. The van der Waals surface area contributed by atoms with Crippen LogP contribution >= 0.6 is 0 Å². The molecule has 212 valence electrons. The van der Waals surface area contributed by atoms with E-state index in [0.717, 1.165) is 43.7 Å². The van der Waals surface area contributed by atoms with Crippen molar-refractivity contribution in [2.75, 3.05) is 18.8 Å². The van der Waals surface area contributed by atoms with Crippen LogP contribution in [0.5, 0.6) is 0 Å². The number of carbonyl (C=O) groups excluding carboxylic acids is 1. The number of nitrogens with one attached hydrogen (secondary N) is 1. The minimum absolute atomic E-state index is 0.104. The van der Waals surface area contributed by atoms with Gasteiger partial charge in [-0.05, 0) is 66.9 Å². The molecule has 5 aromatic rings. The summed E-state index contributed by atoms with van der Waals surface area (Å²) in [6.07, 6.45) is 6.54. The minimum atomic E-state index is -0.113. The maximum Gasteiger partial charge on any atom is 0.250 e. The van der Waals surface area contributed by atoms with Crippen LogP contribution in [0.15, 0.2) is 90.5 Å². The number of hydrogen-bond acceptors (Lipinski definition) is 7. The predicted octanol–water partition coefficient (Wildman–Crippen LogP) is 3.70. The van der Waals surface area contributed by atoms with E-state index in [4.69, 9.17) is 15.7 Å². The summed E-state index contributed by atoms with van der Waals surface area (Å²) in [5.41, 5.74) is 11.7. The van der Waals surface area contributed by atoms with Crippen molar-refractivity contribution in [3.05, 3.63) is 102 Å². The Kier molecular flexibility index (Phi) is 7.37. The fourth-order valence-electron chi connectivity index (χ4n) is 5.36. The Bertz CT molecular complexity index is 1830. The molecule has 0 unspecified atom stereocenters. The third kappa shape index (κ3) is 5.44. The highest BCUT2D eigenvalue weighted by Gasteiger charge is 2.21. The number of likely N-dealkylation sites (tertiary alicyclic amines) is 1. The van der Waals surface area contributed by atoms with Gasteiger partial charge in [-0.3, -0.25) is 19.1 Å². The lowest BCUT2D eigenvalue weighted by molar-refractivity contribution is -0.117. The van der Waals surface area contributed by atoms with E-state index < -0.39 is 0 Å². The van der Waals surface area contributed by atoms with Crippen LogP contribution in [0.3, 0.4) is 0 Å². The summed E-state index contributed by atoms with van der Waals surface area (Å²) in [7, 11) is 1.72. The van der Waals surface area contributed by atoms with Crippen LogP contribution in [0, 0.1) is 0 Å². The number of benzene rings is 1. The Morgan fingerprint density at radius 1 is 1.10 bits per heavy atom. The Balaban J connectivity index is 1.33. The van der Waals surface area contributed by atoms with Crippen molar-refractivity contribution in [1.29, 1.82) is 0 Å². The van der Waals surface area contributed by atoms with Gasteiger partial charge in [-0.25, -0.2) is 15.0 Å². The Labute approximate surface area is 243 Å². The second-order valence-corrected chi connectivity index (χ2v) is 10.5. The van der Waals surface area contributed by atoms with Gasteiger partial charge < -0.3 is 15.6 Å². The molecule has 10 nitrogen and oxygen atoms in total. The fourth-order valence-corrected chi connectivity index (χ4v) is 5.36. The lowest BCUT2D eigenvalue weighted by atomic mass is 10.0. The molecule has 1 amide bonds. The van der Waals surface area contributed by atoms with Gasteiger partial charge in [0.1, 0.15) is 11.3 Å². The molecule has 6 rings (SSSR count). The number of fused-ring (bicyclic) bond motifs is 1. The van der Waals surface area contributed by atoms with Crippen LogP contribution in [-0.4, -0.2) is 54.0 Å². The van der Waals surface area contributed by atoms with Crippen LogP contribution in [0.25, 0.3) is 39.5 Å². The maximum atomic E-state index is 12.3. The average molecular weight is 561 g/mol. The van der Waals surface area contributed by atoms with Crippen molar-refractivity contribution < 1.29 is 4.79 Å². The van der Waals surface area contributed by atoms with E-state index in [1.54, 1.807) is 25.5 Å². The molecule has 0 aliphatic carbocycles. The number of pyridine rings is 3. The monoisotopic (exact) mass is 560 g/mol. The van der Waals surface area contributed by atoms with Gasteiger partial charge >= 0.3 is 0 Å². The fraction of sp³-hybridized carbons (Fsp3) is 0.219. The number of anilines is 1. The molecule has 1 aliphatic heterocycles. The van der Waals surface area contributed by atoms with Gasteiger partial charge in [-0.15, -0.1) is 0 Å². The molecule has 42 heavy (non-hydrogen) atoms. The van der Waals surface area contributed by atoms with E-state index >= 15 is 0 Å². The van der Waals surface area contributed by atoms with E-state index in [1.165, 1.54) is 16.2 Å². The number of nitrogen functional groups attached to an aromatic ring is 1. The van der Waals surface area contributed by atoms with Crippen molar-refractivity contribution in [2.24, 2.45) is 7.05 Å². The van der Waals surface area contributed by atoms with Gasteiger partial charge in [-0.1, -0.05) is 18.7 Å². The summed E-state index contributed by atoms with van der Waals surface area (Å²) < 4.78 is 3.52. The Hall–Kier alpha value is -5.09. The Morgan fingerprint density at radius 2 is 1.88 bits per heavy atom. The lowest BCUT2D eigenvalue weighted by Gasteiger charge is -2.32. The standard InChI is InChI=1S/C32H32N8O2/c1-3-28(41)35-23-13-17-39(18-14-23)20-21-6-8-24(9-7-21)40-31(25-5-4-15-34-30(25)33)37-27-11-10-26(36-32(27)40)22-12-16-38(2)29(42)19-22/h3-12,15-16,19,23H,1,13-14,17-18,20H2,2H3,(H2,33,34)(H,35,41). The number of nitrogens with zero attached hydrogens (tertiary/aromatic N) is 6. The maximum absolute atomic E-state index is 12.3. The molecule has 1 aliphatic rings. The van der Waals surface area contributed by atoms with Gasteiger partial charge in [0.2, 0.25) is 5.91 Å². The lowest BCUT2D eigenvalue weighted by Crippen LogP contribution is -2.43. The van der Waals surface area contributed by atoms with E-state index in [1.807, 2.05) is 34.9 Å². The zero-order chi connectivity index (χ0) is 29.2. The number of aromatic nitrogens is 5. The first kappa shape index (κ1) is 27.1. The zero-order valence-electron chi connectivity index (χ0n) is 23.4. The first-order valence-electron chi connectivity index (χ1n) is 13.9. The van der Waals surface area contributed by atoms with Crippen LogP contribution in [0.1, 0.15) is 18.4 Å². The molecule has 0 atom stereocenters. The number of aryl methyl sites for hydroxylation is 1. The van der Waals surface area contributed by atoms with Crippen LogP contribution in [0.2, 0.25) is 0 Å². The van der Waals surface area contributed by atoms with E-state index in [2.05, 4.69) is 46.0 Å². The smallest absolute Gasteiger partial charge is 0.250 e. The van der Waals surface area contributed by atoms with Gasteiger partial charge in [0.05, 0.1) is 11.3 Å². The average Bonchev–Trinajstić information content (AvgIpc) is 3.38. The third-order valence-electron chi connectivity index (χ3n) is 7.70. The summed E-state index contributed by atoms with van der Waals surface area (Å²) >= 11 is 0. The quantitative estimate of drug-likeness (QED) is 0.291. The van der Waals surface area contributed by atoms with Crippen LogP contribution in [-0.2, 0) is 18.4 Å². The molecule has 3 N–H and O–H groups in total. The van der Waals surface area contributed by atoms with E-state index in [-0.39, 0.29) is 17.5 Å². The molecule has 5 heterocycles. The van der Waals surface area contributed by atoms with E-state index in [9.17, 15) is 9.59 Å². The van der Waals surface area contributed by atoms with Gasteiger partial charge in [-0.2, -0.15) is 0 Å². The minimum Gasteiger partial charge on any atom is -0.383 e. The zero-order valence-corrected chi connectivity index (χ0v) is 23.4. The molecule has 0 bridgehead atoms. The molecule has 1 aromatic carbocycles. The summed E-state index contributed by atoms with van der Waals surface area (Å²) in [6, 6.07) is 19.5. The molecule has 1 fully saturated rings. The molecular formula is C32H32N8O2. The highest BCUT2D eigenvalue weighted by molar-refractivity contribution is 5.87. The third-order valence-corrected chi connectivity index (χ3v) is 7.70. The first-order valence-corrected chi connectivity index (χ1v) is 13.9. The topological polar surface area (TPSA) is 124 Å². The normalized spacial score (nSPS) is 14.2. The van der Waals surface area contributed by atoms with Crippen LogP contribution < -0.4 is 16.6 Å².